The Morgan fingerprint density at radius 2 is 1.00 bits per heavy atom. The van der Waals surface area contributed by atoms with Crippen LogP contribution >= 0.6 is 0 Å². The van der Waals surface area contributed by atoms with Crippen LogP contribution in [0, 0.1) is 0 Å². The minimum absolute atomic E-state index is 0. The minimum atomic E-state index is 0. The SMILES string of the molecule is [Al+3].[Fe+2].[O-2].[OH-]. The van der Waals surface area contributed by atoms with Crippen molar-refractivity contribution in [3.05, 3.63) is 0 Å². The van der Waals surface area contributed by atoms with Gasteiger partial charge in [-0.15, -0.1) is 0 Å². The summed E-state index contributed by atoms with van der Waals surface area (Å²) in [6.45, 7) is 0. The molecule has 0 saturated carbocycles. The zero-order valence-corrected chi connectivity index (χ0v) is 4.05. The van der Waals surface area contributed by atoms with Gasteiger partial charge in [0.1, 0.15) is 0 Å². The van der Waals surface area contributed by atoms with Crippen LogP contribution in [-0.2, 0) is 22.5 Å². The molecule has 0 aromatic carbocycles. The predicted octanol–water partition coefficient (Wildman–Crippen LogP) is -0.679. The molecule has 22 valence electrons. The van der Waals surface area contributed by atoms with Gasteiger partial charge in [-0.1, -0.05) is 0 Å². The van der Waals surface area contributed by atoms with Crippen molar-refractivity contribution < 1.29 is 28.0 Å². The van der Waals surface area contributed by atoms with E-state index in [0.29, 0.717) is 0 Å². The molecule has 2 nitrogen and oxygen atoms in total. The Labute approximate surface area is 45.8 Å². The van der Waals surface area contributed by atoms with Crippen molar-refractivity contribution in [2.45, 2.75) is 0 Å². The third-order valence-electron chi connectivity index (χ3n) is 0. The maximum Gasteiger partial charge on any atom is 3.00 e. The summed E-state index contributed by atoms with van der Waals surface area (Å²) >= 11 is 0. The maximum absolute atomic E-state index is 0. The largest absolute Gasteiger partial charge is 3.00 e. The molecule has 0 atom stereocenters. The molecule has 0 saturated heterocycles. The average molecular weight is 116 g/mol. The van der Waals surface area contributed by atoms with Crippen molar-refractivity contribution in [3.8, 4) is 0 Å². The van der Waals surface area contributed by atoms with Crippen molar-refractivity contribution in [1.29, 1.82) is 0 Å². The summed E-state index contributed by atoms with van der Waals surface area (Å²) in [6, 6.07) is 0. The molecule has 0 unspecified atom stereocenters. The third-order valence-corrected chi connectivity index (χ3v) is 0. The summed E-state index contributed by atoms with van der Waals surface area (Å²) in [7, 11) is 0. The molecule has 0 amide bonds. The Hall–Kier alpha value is 0.972. The number of hydrogen-bond acceptors (Lipinski definition) is 1. The van der Waals surface area contributed by atoms with Crippen molar-refractivity contribution in [1.82, 2.24) is 0 Å². The fraction of sp³-hybridized carbons (Fsp3) is 0. The van der Waals surface area contributed by atoms with E-state index in [9.17, 15) is 0 Å². The molecule has 0 aromatic rings. The molecule has 0 spiro atoms. The van der Waals surface area contributed by atoms with E-state index < -0.39 is 0 Å². The molecule has 0 aliphatic carbocycles. The Morgan fingerprint density at radius 1 is 1.00 bits per heavy atom. The molecule has 0 aliphatic rings. The van der Waals surface area contributed by atoms with Crippen LogP contribution in [0.15, 0.2) is 0 Å². The first-order valence-electron chi connectivity index (χ1n) is 0. The van der Waals surface area contributed by atoms with Gasteiger partial charge in [-0.05, 0) is 0 Å². The normalized spacial score (nSPS) is 0. The van der Waals surface area contributed by atoms with E-state index >= 15 is 0 Å². The molecule has 0 rings (SSSR count). The van der Waals surface area contributed by atoms with Gasteiger partial charge in [-0.3, -0.25) is 0 Å². The Bertz CT molecular complexity index is 6.00. The zero-order valence-electron chi connectivity index (χ0n) is 1.79. The van der Waals surface area contributed by atoms with Crippen LogP contribution in [0.2, 0.25) is 0 Å². The van der Waals surface area contributed by atoms with Crippen LogP contribution < -0.4 is 0 Å². The first-order valence-corrected chi connectivity index (χ1v) is 0. The third kappa shape index (κ3) is 12.2. The fourth-order valence-electron chi connectivity index (χ4n) is 0. The zero-order chi connectivity index (χ0) is 0. The Morgan fingerprint density at radius 3 is 1.00 bits per heavy atom. The summed E-state index contributed by atoms with van der Waals surface area (Å²) in [6.07, 6.45) is 0. The molecule has 0 aromatic heterocycles. The smallest absolute Gasteiger partial charge is 2.00 e. The number of hydrogen-bond donors (Lipinski definition) is 0. The van der Waals surface area contributed by atoms with Gasteiger partial charge in [0.25, 0.3) is 0 Å². The molecule has 0 radical (unpaired) electrons. The van der Waals surface area contributed by atoms with Crippen LogP contribution in [-0.4, -0.2) is 22.8 Å². The molecule has 0 bridgehead atoms. The van der Waals surface area contributed by atoms with Crippen molar-refractivity contribution in [3.63, 3.8) is 0 Å². The van der Waals surface area contributed by atoms with Gasteiger partial charge in [0.05, 0.1) is 0 Å². The molecule has 1 N–H and O–H groups in total. The van der Waals surface area contributed by atoms with Crippen LogP contribution in [0.25, 0.3) is 0 Å². The molecule has 4 heteroatoms. The Kier molecular flexibility index (Phi) is 771. The predicted molar refractivity (Wildman–Crippen MR) is 8.38 cm³/mol. The van der Waals surface area contributed by atoms with E-state index in [1.165, 1.54) is 0 Å². The second-order valence-corrected chi connectivity index (χ2v) is 0. The Balaban J connectivity index is 0. The van der Waals surface area contributed by atoms with Gasteiger partial charge in [-0.2, -0.15) is 0 Å². The molecular weight excluding hydrogens is 115 g/mol. The monoisotopic (exact) mass is 116 g/mol. The van der Waals surface area contributed by atoms with E-state index in [1.54, 1.807) is 0 Å². The summed E-state index contributed by atoms with van der Waals surface area (Å²) < 4.78 is 0. The maximum atomic E-state index is 0. The summed E-state index contributed by atoms with van der Waals surface area (Å²) in [5, 5.41) is 0. The van der Waals surface area contributed by atoms with E-state index in [2.05, 4.69) is 0 Å². The van der Waals surface area contributed by atoms with Gasteiger partial charge in [0.15, 0.2) is 0 Å². The molecule has 4 heavy (non-hydrogen) atoms. The second-order valence-electron chi connectivity index (χ2n) is 0. The summed E-state index contributed by atoms with van der Waals surface area (Å²) in [4.78, 5) is 0. The van der Waals surface area contributed by atoms with Crippen LogP contribution in [0.5, 0.6) is 0 Å². The van der Waals surface area contributed by atoms with E-state index in [4.69, 9.17) is 0 Å². The van der Waals surface area contributed by atoms with Crippen LogP contribution in [0.4, 0.5) is 0 Å². The minimum Gasteiger partial charge on any atom is -2.00 e. The topological polar surface area (TPSA) is 58.5 Å². The molecule has 0 fully saturated rings. The summed E-state index contributed by atoms with van der Waals surface area (Å²) in [5.74, 6) is 0. The first kappa shape index (κ1) is 83.0. The standard InChI is InChI=1S/Al.Fe.H2O.O/h;;1H2;/q+3;+2;;-2/p-1. The quantitative estimate of drug-likeness (QED) is 0.386. The van der Waals surface area contributed by atoms with Crippen molar-refractivity contribution in [2.75, 3.05) is 0 Å². The van der Waals surface area contributed by atoms with E-state index in [-0.39, 0.29) is 45.4 Å². The molecule has 0 heterocycles. The van der Waals surface area contributed by atoms with Crippen molar-refractivity contribution >= 4 is 17.4 Å². The second kappa shape index (κ2) is 37.1. The average Bonchev–Trinajstić information content (AvgIpc) is 0. The molecule has 0 aliphatic heterocycles. The van der Waals surface area contributed by atoms with Gasteiger partial charge in [-0.25, -0.2) is 0 Å². The van der Waals surface area contributed by atoms with E-state index in [1.807, 2.05) is 0 Å². The van der Waals surface area contributed by atoms with Gasteiger partial charge < -0.3 is 11.0 Å². The summed E-state index contributed by atoms with van der Waals surface area (Å²) in [5.41, 5.74) is 0. The van der Waals surface area contributed by atoms with Crippen molar-refractivity contribution in [2.24, 2.45) is 0 Å². The first-order chi connectivity index (χ1) is 0. The van der Waals surface area contributed by atoms with Gasteiger partial charge >= 0.3 is 34.4 Å². The molecular formula is HAlFeO2+2. The van der Waals surface area contributed by atoms with Gasteiger partial charge in [0.2, 0.25) is 0 Å². The van der Waals surface area contributed by atoms with Crippen LogP contribution in [0.3, 0.4) is 0 Å². The van der Waals surface area contributed by atoms with Gasteiger partial charge in [0, 0.05) is 0 Å². The van der Waals surface area contributed by atoms with Crippen LogP contribution in [0.1, 0.15) is 0 Å². The fourth-order valence-corrected chi connectivity index (χ4v) is 0. The number of rotatable bonds is 0. The van der Waals surface area contributed by atoms with E-state index in [0.717, 1.165) is 0 Å².